The van der Waals surface area contributed by atoms with E-state index >= 15 is 0 Å². The Kier molecular flexibility index (Phi) is 5.14. The van der Waals surface area contributed by atoms with Crippen molar-refractivity contribution in [2.45, 2.75) is 12.6 Å². The molecule has 0 amide bonds. The van der Waals surface area contributed by atoms with Crippen molar-refractivity contribution in [2.75, 3.05) is 6.54 Å². The number of aliphatic hydroxyl groups is 1. The molecule has 3 N–H and O–H groups in total. The molecule has 2 heterocycles. The van der Waals surface area contributed by atoms with Crippen molar-refractivity contribution in [3.05, 3.63) is 60.2 Å². The minimum atomic E-state index is -1.10. The predicted octanol–water partition coefficient (Wildman–Crippen LogP) is 2.60. The molecule has 2 unspecified atom stereocenters. The normalized spacial score (nSPS) is 13.3. The van der Waals surface area contributed by atoms with Gasteiger partial charge >= 0.3 is 0 Å². The number of benzene rings is 1. The maximum Gasteiger partial charge on any atom is 0.167 e. The summed E-state index contributed by atoms with van der Waals surface area (Å²) in [6.45, 7) is 0.737. The van der Waals surface area contributed by atoms with Gasteiger partial charge in [0.05, 0.1) is 24.8 Å². The first kappa shape index (κ1) is 16.8. The zero-order valence-corrected chi connectivity index (χ0v) is 13.3. The molecular formula is C18H17N3O4. The van der Waals surface area contributed by atoms with E-state index in [4.69, 9.17) is 8.94 Å². The summed E-state index contributed by atoms with van der Waals surface area (Å²) in [6, 6.07) is 13.7. The molecule has 0 radical (unpaired) electrons. The van der Waals surface area contributed by atoms with Crippen LogP contribution in [0.3, 0.4) is 0 Å². The van der Waals surface area contributed by atoms with Crippen LogP contribution in [0.15, 0.2) is 57.7 Å². The van der Waals surface area contributed by atoms with E-state index in [1.807, 2.05) is 6.07 Å². The third kappa shape index (κ3) is 4.07. The second kappa shape index (κ2) is 7.66. The third-order valence-corrected chi connectivity index (χ3v) is 3.77. The molecule has 0 aliphatic rings. The Hall–Kier alpha value is -3.08. The number of hydrogen-bond donors (Lipinski definition) is 3. The van der Waals surface area contributed by atoms with Crippen LogP contribution in [0.4, 0.5) is 0 Å². The molecule has 2 atom stereocenters. The second-order valence-electron chi connectivity index (χ2n) is 5.55. The Balaban J connectivity index is 1.63. The van der Waals surface area contributed by atoms with Crippen LogP contribution in [0.25, 0.3) is 11.3 Å². The lowest BCUT2D eigenvalue weighted by Crippen LogP contribution is -2.25. The Morgan fingerprint density at radius 3 is 2.72 bits per heavy atom. The summed E-state index contributed by atoms with van der Waals surface area (Å²) in [5, 5.41) is 36.0. The summed E-state index contributed by atoms with van der Waals surface area (Å²) in [7, 11) is 0. The number of phenolic OH excluding ortho intramolecular Hbond substituents is 1. The first-order valence-electron chi connectivity index (χ1n) is 7.74. The van der Waals surface area contributed by atoms with E-state index in [1.165, 1.54) is 12.1 Å². The predicted molar refractivity (Wildman–Crippen MR) is 88.1 cm³/mol. The van der Waals surface area contributed by atoms with Crippen LogP contribution in [0.5, 0.6) is 5.75 Å². The number of hydrogen-bond acceptors (Lipinski definition) is 7. The Labute approximate surface area is 144 Å². The van der Waals surface area contributed by atoms with Crippen LogP contribution < -0.4 is 5.32 Å². The van der Waals surface area contributed by atoms with Gasteiger partial charge < -0.3 is 24.5 Å². The lowest BCUT2D eigenvalue weighted by Gasteiger charge is -2.14. The highest BCUT2D eigenvalue weighted by molar-refractivity contribution is 5.59. The van der Waals surface area contributed by atoms with Gasteiger partial charge in [0.1, 0.15) is 23.3 Å². The molecule has 1 aromatic carbocycles. The molecule has 0 saturated heterocycles. The molecule has 0 aliphatic heterocycles. The van der Waals surface area contributed by atoms with Gasteiger partial charge in [-0.2, -0.15) is 5.26 Å². The molecule has 0 aliphatic carbocycles. The van der Waals surface area contributed by atoms with Crippen LogP contribution in [0, 0.1) is 17.2 Å². The van der Waals surface area contributed by atoms with Crippen molar-refractivity contribution >= 4 is 0 Å². The molecule has 128 valence electrons. The fraction of sp³-hybridized carbons (Fsp3) is 0.222. The highest BCUT2D eigenvalue weighted by Gasteiger charge is 2.25. The first-order valence-corrected chi connectivity index (χ1v) is 7.74. The molecule has 3 aromatic rings. The summed E-state index contributed by atoms with van der Waals surface area (Å²) >= 11 is 0. The van der Waals surface area contributed by atoms with E-state index in [0.29, 0.717) is 12.2 Å². The second-order valence-corrected chi connectivity index (χ2v) is 5.55. The van der Waals surface area contributed by atoms with Gasteiger partial charge in [-0.3, -0.25) is 0 Å². The van der Waals surface area contributed by atoms with Crippen molar-refractivity contribution in [2.24, 2.45) is 5.92 Å². The minimum absolute atomic E-state index is 0.152. The fourth-order valence-corrected chi connectivity index (χ4v) is 2.39. The van der Waals surface area contributed by atoms with Gasteiger partial charge in [0, 0.05) is 18.2 Å². The van der Waals surface area contributed by atoms with Crippen LogP contribution in [0.2, 0.25) is 0 Å². The quantitative estimate of drug-likeness (QED) is 0.606. The number of rotatable bonds is 7. The molecule has 0 saturated carbocycles. The highest BCUT2D eigenvalue weighted by atomic mass is 16.5. The minimum Gasteiger partial charge on any atom is -0.508 e. The molecule has 0 fully saturated rings. The number of phenols is 1. The topological polar surface area (TPSA) is 115 Å². The zero-order chi connectivity index (χ0) is 17.6. The number of nitrogens with one attached hydrogen (secondary N) is 1. The van der Waals surface area contributed by atoms with E-state index in [2.05, 4.69) is 16.5 Å². The standard InChI is InChI=1S/C18H17N3O4/c19-9-13(10-20-11-15-2-1-7-24-15)18(23)17-8-16(21-25-17)12-3-5-14(22)6-4-12/h1-8,13,18,20,22-23H,10-11H2. The monoisotopic (exact) mass is 339 g/mol. The number of aliphatic hydroxyl groups excluding tert-OH is 1. The van der Waals surface area contributed by atoms with E-state index in [9.17, 15) is 15.5 Å². The Bertz CT molecular complexity index is 834. The number of aromatic hydroxyl groups is 1. The average Bonchev–Trinajstić information content (AvgIpc) is 3.31. The lowest BCUT2D eigenvalue weighted by atomic mass is 10.0. The molecular weight excluding hydrogens is 322 g/mol. The van der Waals surface area contributed by atoms with Gasteiger partial charge in [0.2, 0.25) is 0 Å². The van der Waals surface area contributed by atoms with Crippen molar-refractivity contribution < 1.29 is 19.2 Å². The maximum atomic E-state index is 10.4. The fourth-order valence-electron chi connectivity index (χ4n) is 2.39. The van der Waals surface area contributed by atoms with Gasteiger partial charge in [-0.15, -0.1) is 0 Å². The largest absolute Gasteiger partial charge is 0.508 e. The Morgan fingerprint density at radius 1 is 1.24 bits per heavy atom. The van der Waals surface area contributed by atoms with Crippen LogP contribution in [0.1, 0.15) is 17.6 Å². The average molecular weight is 339 g/mol. The summed E-state index contributed by atoms with van der Waals surface area (Å²) in [6.07, 6.45) is 0.472. The summed E-state index contributed by atoms with van der Waals surface area (Å²) in [5.74, 6) is 0.421. The van der Waals surface area contributed by atoms with Crippen molar-refractivity contribution in [1.29, 1.82) is 5.26 Å². The first-order chi connectivity index (χ1) is 12.2. The van der Waals surface area contributed by atoms with Gasteiger partial charge in [-0.25, -0.2) is 0 Å². The number of nitrogens with zero attached hydrogens (tertiary/aromatic N) is 2. The van der Waals surface area contributed by atoms with Gasteiger partial charge in [0.15, 0.2) is 5.76 Å². The van der Waals surface area contributed by atoms with Crippen molar-refractivity contribution in [1.82, 2.24) is 10.5 Å². The highest BCUT2D eigenvalue weighted by Crippen LogP contribution is 2.27. The van der Waals surface area contributed by atoms with Gasteiger partial charge in [0.25, 0.3) is 0 Å². The van der Waals surface area contributed by atoms with Crippen LogP contribution in [-0.4, -0.2) is 21.9 Å². The smallest absolute Gasteiger partial charge is 0.167 e. The number of nitriles is 1. The lowest BCUT2D eigenvalue weighted by molar-refractivity contribution is 0.101. The Morgan fingerprint density at radius 2 is 2.04 bits per heavy atom. The van der Waals surface area contributed by atoms with Gasteiger partial charge in [-0.05, 0) is 36.4 Å². The van der Waals surface area contributed by atoms with E-state index in [-0.39, 0.29) is 18.1 Å². The molecule has 0 bridgehead atoms. The van der Waals surface area contributed by atoms with Crippen LogP contribution in [-0.2, 0) is 6.54 Å². The molecule has 25 heavy (non-hydrogen) atoms. The molecule has 0 spiro atoms. The maximum absolute atomic E-state index is 10.4. The summed E-state index contributed by atoms with van der Waals surface area (Å²) in [5.41, 5.74) is 1.26. The van der Waals surface area contributed by atoms with Crippen molar-refractivity contribution in [3.63, 3.8) is 0 Å². The zero-order valence-electron chi connectivity index (χ0n) is 13.3. The van der Waals surface area contributed by atoms with Crippen LogP contribution >= 0.6 is 0 Å². The molecule has 2 aromatic heterocycles. The molecule has 7 heteroatoms. The van der Waals surface area contributed by atoms with Gasteiger partial charge in [-0.1, -0.05) is 5.16 Å². The molecule has 3 rings (SSSR count). The number of furan rings is 1. The number of aromatic nitrogens is 1. The molecule has 7 nitrogen and oxygen atoms in total. The summed E-state index contributed by atoms with van der Waals surface area (Å²) < 4.78 is 10.4. The third-order valence-electron chi connectivity index (χ3n) is 3.77. The SMILES string of the molecule is N#CC(CNCc1ccco1)C(O)c1cc(-c2ccc(O)cc2)no1. The van der Waals surface area contributed by atoms with E-state index < -0.39 is 12.0 Å². The van der Waals surface area contributed by atoms with Crippen molar-refractivity contribution in [3.8, 4) is 23.1 Å². The van der Waals surface area contributed by atoms with E-state index in [0.717, 1.165) is 11.3 Å². The van der Waals surface area contributed by atoms with E-state index in [1.54, 1.807) is 30.5 Å². The summed E-state index contributed by atoms with van der Waals surface area (Å²) in [4.78, 5) is 0.